The predicted octanol–water partition coefficient (Wildman–Crippen LogP) is 32.5. The van der Waals surface area contributed by atoms with E-state index in [1.165, 1.54) is 0 Å². The molecule has 22 rings (SSSR count). The lowest BCUT2D eigenvalue weighted by Crippen LogP contribution is -2.10. The van der Waals surface area contributed by atoms with Crippen LogP contribution in [-0.4, -0.2) is 9.13 Å². The van der Waals surface area contributed by atoms with Crippen molar-refractivity contribution < 1.29 is 0 Å². The minimum atomic E-state index is 0.616. The number of para-hydroxylation sites is 7. The van der Waals surface area contributed by atoms with Crippen LogP contribution in [0.5, 0.6) is 0 Å². The lowest BCUT2D eigenvalue weighted by Gasteiger charge is -2.28. The average molecular weight is 1650 g/mol. The molecule has 0 aliphatic rings. The zero-order valence-electron chi connectivity index (χ0n) is 70.5. The third kappa shape index (κ3) is 14.6. The van der Waals surface area contributed by atoms with Crippen LogP contribution in [0.25, 0.3) is 166 Å². The van der Waals surface area contributed by atoms with Gasteiger partial charge < -0.3 is 24.7 Å². The van der Waals surface area contributed by atoms with Crippen LogP contribution in [0.4, 0.5) is 39.8 Å². The Hall–Kier alpha value is -17.6. The number of nitriles is 2. The smallest absolute Gasteiger partial charge is 0.100 e. The molecule has 0 radical (unpaired) electrons. The molecule has 22 aromatic rings. The van der Waals surface area contributed by atoms with Crippen LogP contribution in [0, 0.1) is 22.7 Å². The van der Waals surface area contributed by atoms with E-state index in [-0.39, 0.29) is 0 Å². The van der Waals surface area contributed by atoms with Gasteiger partial charge in [-0.25, -0.2) is 0 Å². The Labute approximate surface area is 750 Å². The van der Waals surface area contributed by atoms with Gasteiger partial charge >= 0.3 is 0 Å². The van der Waals surface area contributed by atoms with Crippen LogP contribution >= 0.6 is 0 Å². The quantitative estimate of drug-likeness (QED) is 0.0865. The number of nitrogen functional groups attached to an aromatic ring is 1. The third-order valence-corrected chi connectivity index (χ3v) is 24.5. The summed E-state index contributed by atoms with van der Waals surface area (Å²) in [6.45, 7) is 0. The molecule has 2 N–H and O–H groups in total. The molecule has 0 unspecified atom stereocenters. The molecule has 7 heteroatoms. The van der Waals surface area contributed by atoms with Gasteiger partial charge in [-0.3, -0.25) is 0 Å². The Kier molecular flexibility index (Phi) is 21.3. The van der Waals surface area contributed by atoms with E-state index in [0.717, 1.165) is 206 Å². The molecule has 0 saturated carbocycles. The third-order valence-electron chi connectivity index (χ3n) is 24.5. The number of rotatable bonds is 18. The van der Waals surface area contributed by atoms with Crippen LogP contribution < -0.4 is 15.5 Å². The average Bonchev–Trinajstić information content (AvgIpc) is 1.61. The van der Waals surface area contributed by atoms with Crippen molar-refractivity contribution in [3.05, 3.63) is 503 Å². The van der Waals surface area contributed by atoms with E-state index in [9.17, 15) is 10.5 Å². The summed E-state index contributed by atoms with van der Waals surface area (Å²) in [6.07, 6.45) is 0. The van der Waals surface area contributed by atoms with Crippen LogP contribution in [0.1, 0.15) is 11.1 Å². The van der Waals surface area contributed by atoms with E-state index >= 15 is 0 Å². The van der Waals surface area contributed by atoms with Crippen molar-refractivity contribution in [3.63, 3.8) is 0 Å². The fourth-order valence-electron chi connectivity index (χ4n) is 19.1. The van der Waals surface area contributed by atoms with Crippen molar-refractivity contribution in [3.8, 4) is 135 Å². The molecular weight excluding hydrogens is 1560 g/mol. The molecule has 20 aromatic carbocycles. The Morgan fingerprint density at radius 1 is 0.194 bits per heavy atom. The fraction of sp³-hybridized carbons (Fsp3) is 0. The Morgan fingerprint density at radius 2 is 0.419 bits per heavy atom. The number of anilines is 7. The summed E-state index contributed by atoms with van der Waals surface area (Å²) < 4.78 is 4.88. The molecule has 0 saturated heterocycles. The van der Waals surface area contributed by atoms with Crippen molar-refractivity contribution in [1.82, 2.24) is 9.13 Å². The lowest BCUT2D eigenvalue weighted by molar-refractivity contribution is 1.18. The Morgan fingerprint density at radius 3 is 0.705 bits per heavy atom. The largest absolute Gasteiger partial charge is 0.399 e. The van der Waals surface area contributed by atoms with E-state index in [0.29, 0.717) is 11.1 Å². The van der Waals surface area contributed by atoms with Gasteiger partial charge in [-0.2, -0.15) is 10.5 Å². The number of hydrogen-bond acceptors (Lipinski definition) is 5. The minimum absolute atomic E-state index is 0.616. The fourth-order valence-corrected chi connectivity index (χ4v) is 19.1. The monoisotopic (exact) mass is 1650 g/mol. The molecule has 2 heterocycles. The van der Waals surface area contributed by atoms with Crippen molar-refractivity contribution in [2.75, 3.05) is 15.5 Å². The molecule has 2 aromatic heterocycles. The van der Waals surface area contributed by atoms with E-state index in [1.807, 2.05) is 66.7 Å². The van der Waals surface area contributed by atoms with Gasteiger partial charge in [-0.15, -0.1) is 0 Å². The Balaban J connectivity index is 0.000000185. The summed E-state index contributed by atoms with van der Waals surface area (Å²) in [4.78, 5) is 4.71. The molecule has 0 aliphatic heterocycles. The highest BCUT2D eigenvalue weighted by molar-refractivity contribution is 6.18. The zero-order valence-corrected chi connectivity index (χ0v) is 70.5. The summed E-state index contributed by atoms with van der Waals surface area (Å²) >= 11 is 0. The van der Waals surface area contributed by atoms with Gasteiger partial charge in [-0.05, 0) is 165 Å². The van der Waals surface area contributed by atoms with Crippen molar-refractivity contribution in [2.45, 2.75) is 0 Å². The van der Waals surface area contributed by atoms with E-state index in [4.69, 9.17) is 5.73 Å². The van der Waals surface area contributed by atoms with E-state index in [2.05, 4.69) is 456 Å². The highest BCUT2D eigenvalue weighted by Crippen LogP contribution is 2.56. The van der Waals surface area contributed by atoms with Gasteiger partial charge in [0.05, 0.1) is 55.9 Å². The zero-order chi connectivity index (χ0) is 86.5. The van der Waals surface area contributed by atoms with E-state index < -0.39 is 0 Å². The highest BCUT2D eigenvalue weighted by atomic mass is 15.2. The standard InChI is InChI=1S/C79H54N4.C43H29N3/c80-55-70-75(56-29-9-1-10-30-56)77(58-33-13-3-14-34-58)79(78(59-35-15-4-16-36-59)76(70)57-31-11-2-12-32-57)83-73-51-49-60(66-45-25-27-47-71(66)81(62-37-17-5-18-38-62)63-39-19-6-20-40-63)53-68(73)69-54-61(50-52-74(69)83)67-46-26-28-48-72(67)82(64-41-21-7-22-42-64)65-43-23-8-24-44-65;44-28-36-39(29-15-5-1-6-16-29)41(31-19-9-3-10-20-31)43(42(32-21-11-4-12-22-32)40(36)30-17-7-2-8-18-30)46-37-24-14-13-23-34(37)35-27-33(45)25-26-38(35)46/h1-54H;1-27H,45H2. The first kappa shape index (κ1) is 78.6. The van der Waals surface area contributed by atoms with Crippen LogP contribution in [0.15, 0.2) is 491 Å². The molecule has 0 fully saturated rings. The normalized spacial score (nSPS) is 11.1. The molecule has 0 bridgehead atoms. The second-order valence-corrected chi connectivity index (χ2v) is 32.1. The first-order valence-corrected chi connectivity index (χ1v) is 43.5. The molecule has 7 nitrogen and oxygen atoms in total. The lowest BCUT2D eigenvalue weighted by atomic mass is 9.79. The van der Waals surface area contributed by atoms with Crippen LogP contribution in [0.3, 0.4) is 0 Å². The van der Waals surface area contributed by atoms with Gasteiger partial charge in [0.2, 0.25) is 0 Å². The van der Waals surface area contributed by atoms with Gasteiger partial charge in [0.1, 0.15) is 12.1 Å². The molecule has 0 aliphatic carbocycles. The first-order chi connectivity index (χ1) is 64.0. The van der Waals surface area contributed by atoms with E-state index in [1.54, 1.807) is 0 Å². The number of hydrogen-bond donors (Lipinski definition) is 1. The molecule has 0 spiro atoms. The maximum absolute atomic E-state index is 11.9. The van der Waals surface area contributed by atoms with Crippen LogP contribution in [0.2, 0.25) is 0 Å². The molecular formula is C122H83N7. The highest BCUT2D eigenvalue weighted by Gasteiger charge is 2.34. The summed E-state index contributed by atoms with van der Waals surface area (Å²) in [5.41, 5.74) is 40.8. The van der Waals surface area contributed by atoms with Gasteiger partial charge in [0, 0.05) is 106 Å². The summed E-state index contributed by atoms with van der Waals surface area (Å²) in [5.74, 6) is 0. The topological polar surface area (TPSA) is 89.9 Å². The van der Waals surface area contributed by atoms with Gasteiger partial charge in [-0.1, -0.05) is 382 Å². The molecule has 0 amide bonds. The maximum atomic E-state index is 11.9. The van der Waals surface area contributed by atoms with Crippen molar-refractivity contribution in [1.29, 1.82) is 10.5 Å². The second-order valence-electron chi connectivity index (χ2n) is 32.1. The van der Waals surface area contributed by atoms with Crippen molar-refractivity contribution in [2.24, 2.45) is 0 Å². The SMILES string of the molecule is N#Cc1c(-c2ccccc2)c(-c2ccccc2)c(-n2c3ccc(-c4ccccc4N(c4ccccc4)c4ccccc4)cc3c3cc(-c4ccccc4N(c4ccccc4)c4ccccc4)ccc32)c(-c2ccccc2)c1-c1ccccc1.N#Cc1c(-c2ccccc2)c(-c2ccccc2)c(-n2c3ccccc3c3cc(N)ccc32)c(-c2ccccc2)c1-c1ccccc1. The second kappa shape index (κ2) is 35.0. The van der Waals surface area contributed by atoms with Gasteiger partial charge in [0.25, 0.3) is 0 Å². The maximum Gasteiger partial charge on any atom is 0.100 e. The number of benzene rings is 20. The number of aromatic nitrogens is 2. The molecule has 606 valence electrons. The number of nitrogens with zero attached hydrogens (tertiary/aromatic N) is 6. The predicted molar refractivity (Wildman–Crippen MR) is 539 cm³/mol. The molecule has 0 atom stereocenters. The minimum Gasteiger partial charge on any atom is -0.399 e. The number of nitrogens with two attached hydrogens (primary N) is 1. The van der Waals surface area contributed by atoms with Crippen molar-refractivity contribution >= 4 is 83.4 Å². The first-order valence-electron chi connectivity index (χ1n) is 43.5. The van der Waals surface area contributed by atoms with Gasteiger partial charge in [0.15, 0.2) is 0 Å². The van der Waals surface area contributed by atoms with Crippen LogP contribution in [-0.2, 0) is 0 Å². The Bertz CT molecular complexity index is 7470. The summed E-state index contributed by atoms with van der Waals surface area (Å²) in [5, 5.41) is 27.4. The summed E-state index contributed by atoms with van der Waals surface area (Å²) in [7, 11) is 0. The molecule has 129 heavy (non-hydrogen) atoms. The number of fused-ring (bicyclic) bond motifs is 6. The summed E-state index contributed by atoms with van der Waals surface area (Å²) in [6, 6.07) is 178.